The summed E-state index contributed by atoms with van der Waals surface area (Å²) < 4.78 is 21.6. The van der Waals surface area contributed by atoms with E-state index in [2.05, 4.69) is 18.7 Å². The fourth-order valence-corrected chi connectivity index (χ4v) is 2.66. The van der Waals surface area contributed by atoms with Crippen LogP contribution in [0.25, 0.3) is 21.5 Å². The summed E-state index contributed by atoms with van der Waals surface area (Å²) in [6, 6.07) is 17.8. The maximum absolute atomic E-state index is 11.6. The van der Waals surface area contributed by atoms with Gasteiger partial charge in [-0.15, -0.1) is 0 Å². The van der Waals surface area contributed by atoms with Crippen molar-refractivity contribution in [1.29, 1.82) is 0 Å². The molecule has 4 heteroatoms. The molecule has 0 heterocycles. The highest BCUT2D eigenvalue weighted by molar-refractivity contribution is 7.33. The van der Waals surface area contributed by atoms with Crippen molar-refractivity contribution in [2.75, 3.05) is 0 Å². The van der Waals surface area contributed by atoms with E-state index in [9.17, 15) is 4.57 Å². The van der Waals surface area contributed by atoms with Crippen molar-refractivity contribution in [2.45, 2.75) is 0 Å². The molecule has 0 aliphatic heterocycles. The predicted molar refractivity (Wildman–Crippen MR) is 81.0 cm³/mol. The van der Waals surface area contributed by atoms with E-state index in [1.165, 1.54) is 0 Å². The Morgan fingerprint density at radius 3 is 2.40 bits per heavy atom. The summed E-state index contributed by atoms with van der Waals surface area (Å²) in [6.45, 7) is 3.36. The van der Waals surface area contributed by atoms with Gasteiger partial charge in [0.25, 0.3) is 0 Å². The molecule has 1 atom stereocenters. The molecule has 0 aromatic heterocycles. The third-order valence-corrected chi connectivity index (χ3v) is 3.71. The van der Waals surface area contributed by atoms with Crippen LogP contribution in [0.4, 0.5) is 0 Å². The van der Waals surface area contributed by atoms with Crippen LogP contribution in [0.2, 0.25) is 0 Å². The summed E-state index contributed by atoms with van der Waals surface area (Å²) >= 11 is 0. The molecule has 3 rings (SSSR count). The normalized spacial score (nSPS) is 11.3. The van der Waals surface area contributed by atoms with Crippen LogP contribution in [0.15, 0.2) is 67.4 Å². The average Bonchev–Trinajstić information content (AvgIpc) is 2.46. The van der Waals surface area contributed by atoms with Crippen molar-refractivity contribution in [3.05, 3.63) is 67.4 Å². The molecule has 0 saturated heterocycles. The lowest BCUT2D eigenvalue weighted by Crippen LogP contribution is -1.85. The minimum atomic E-state index is -2.24. The van der Waals surface area contributed by atoms with Crippen molar-refractivity contribution in [3.8, 4) is 5.75 Å². The van der Waals surface area contributed by atoms with E-state index in [0.717, 1.165) is 27.8 Å². The Morgan fingerprint density at radius 1 is 0.950 bits per heavy atom. The minimum Gasteiger partial charge on any atom is -0.231 e. The van der Waals surface area contributed by atoms with Crippen molar-refractivity contribution in [2.24, 2.45) is 0 Å². The molecule has 1 unspecified atom stereocenters. The van der Waals surface area contributed by atoms with Crippen molar-refractivity contribution in [3.63, 3.8) is 0 Å². The van der Waals surface area contributed by atoms with Gasteiger partial charge in [0.1, 0.15) is 6.26 Å². The fourth-order valence-electron chi connectivity index (χ4n) is 2.18. The Balaban J connectivity index is 2.15. The first-order valence-corrected chi connectivity index (χ1v) is 7.22. The predicted octanol–water partition coefficient (Wildman–Crippen LogP) is 5.19. The van der Waals surface area contributed by atoms with E-state index < -0.39 is 8.25 Å². The Hall–Kier alpha value is -2.38. The summed E-state index contributed by atoms with van der Waals surface area (Å²) in [5.74, 6) is 0.538. The molecule has 20 heavy (non-hydrogen) atoms. The van der Waals surface area contributed by atoms with E-state index in [1.54, 1.807) is 6.07 Å². The zero-order valence-corrected chi connectivity index (χ0v) is 11.5. The molecule has 0 amide bonds. The van der Waals surface area contributed by atoms with Gasteiger partial charge in [0.15, 0.2) is 5.75 Å². The highest BCUT2D eigenvalue weighted by atomic mass is 31.1. The van der Waals surface area contributed by atoms with Gasteiger partial charge in [0.05, 0.1) is 0 Å². The van der Waals surface area contributed by atoms with Gasteiger partial charge in [-0.25, -0.2) is 9.05 Å². The zero-order chi connectivity index (χ0) is 13.9. The molecule has 3 aromatic rings. The van der Waals surface area contributed by atoms with Gasteiger partial charge in [-0.2, -0.15) is 0 Å². The first-order valence-electron chi connectivity index (χ1n) is 6.12. The molecule has 0 aliphatic rings. The van der Waals surface area contributed by atoms with E-state index in [1.807, 2.05) is 36.4 Å². The lowest BCUT2D eigenvalue weighted by Gasteiger charge is -2.03. The van der Waals surface area contributed by atoms with Crippen LogP contribution >= 0.6 is 8.25 Å². The Kier molecular flexibility index (Phi) is 3.36. The van der Waals surface area contributed by atoms with Crippen LogP contribution in [-0.2, 0) is 9.09 Å². The van der Waals surface area contributed by atoms with Crippen molar-refractivity contribution >= 4 is 29.8 Å². The van der Waals surface area contributed by atoms with Gasteiger partial charge in [-0.1, -0.05) is 43.0 Å². The zero-order valence-electron chi connectivity index (χ0n) is 10.7. The van der Waals surface area contributed by atoms with Crippen LogP contribution in [0, 0.1) is 0 Å². The molecular formula is C16H12O3P+. The van der Waals surface area contributed by atoms with Crippen LogP contribution < -0.4 is 4.52 Å². The standard InChI is InChI=1S/C16H12O3P/c1-2-18-20(17)19-16-9-5-8-14-10-12-6-3-4-7-13(12)11-15(14)16/h2-11H,1H2/q+1. The van der Waals surface area contributed by atoms with Gasteiger partial charge >= 0.3 is 8.25 Å². The first-order chi connectivity index (χ1) is 9.78. The van der Waals surface area contributed by atoms with Crippen LogP contribution in [0.3, 0.4) is 0 Å². The fraction of sp³-hybridized carbons (Fsp3) is 0. The van der Waals surface area contributed by atoms with Crippen LogP contribution in [-0.4, -0.2) is 0 Å². The average molecular weight is 283 g/mol. The first kappa shape index (κ1) is 12.6. The van der Waals surface area contributed by atoms with Gasteiger partial charge in [0.2, 0.25) is 0 Å². The highest BCUT2D eigenvalue weighted by Gasteiger charge is 2.22. The van der Waals surface area contributed by atoms with Crippen LogP contribution in [0.5, 0.6) is 5.75 Å². The number of hydrogen-bond acceptors (Lipinski definition) is 3. The third-order valence-electron chi connectivity index (χ3n) is 3.04. The summed E-state index contributed by atoms with van der Waals surface area (Å²) in [5.41, 5.74) is 0. The summed E-state index contributed by atoms with van der Waals surface area (Å²) in [4.78, 5) is 0. The summed E-state index contributed by atoms with van der Waals surface area (Å²) in [6.07, 6.45) is 1.11. The van der Waals surface area contributed by atoms with E-state index in [0.29, 0.717) is 5.75 Å². The lowest BCUT2D eigenvalue weighted by molar-refractivity contribution is 0.386. The molecule has 0 saturated carbocycles. The largest absolute Gasteiger partial charge is 0.804 e. The second-order valence-corrected chi connectivity index (χ2v) is 5.10. The van der Waals surface area contributed by atoms with Gasteiger partial charge in [-0.05, 0) is 34.4 Å². The molecule has 3 nitrogen and oxygen atoms in total. The molecule has 98 valence electrons. The highest BCUT2D eigenvalue weighted by Crippen LogP contribution is 2.35. The number of hydrogen-bond donors (Lipinski definition) is 0. The summed E-state index contributed by atoms with van der Waals surface area (Å²) in [5, 5.41) is 4.20. The van der Waals surface area contributed by atoms with E-state index in [-0.39, 0.29) is 0 Å². The SMILES string of the molecule is C=CO[P+](=O)Oc1cccc2cc3ccccc3cc12. The second-order valence-electron chi connectivity index (χ2n) is 4.26. The van der Waals surface area contributed by atoms with E-state index >= 15 is 0 Å². The number of fused-ring (bicyclic) bond motifs is 2. The Morgan fingerprint density at radius 2 is 1.65 bits per heavy atom. The maximum atomic E-state index is 11.6. The third kappa shape index (κ3) is 2.36. The number of benzene rings is 3. The van der Waals surface area contributed by atoms with Crippen molar-refractivity contribution in [1.82, 2.24) is 0 Å². The molecule has 0 aliphatic carbocycles. The lowest BCUT2D eigenvalue weighted by atomic mass is 10.0. The molecule has 0 spiro atoms. The maximum Gasteiger partial charge on any atom is 0.804 e. The topological polar surface area (TPSA) is 35.5 Å². The minimum absolute atomic E-state index is 0.538. The molecular weight excluding hydrogens is 271 g/mol. The molecule has 0 radical (unpaired) electrons. The van der Waals surface area contributed by atoms with Crippen LogP contribution in [0.1, 0.15) is 0 Å². The van der Waals surface area contributed by atoms with Gasteiger partial charge in [-0.3, -0.25) is 0 Å². The Labute approximate surface area is 117 Å². The monoisotopic (exact) mass is 283 g/mol. The molecule has 0 bridgehead atoms. The second kappa shape index (κ2) is 5.32. The van der Waals surface area contributed by atoms with Crippen molar-refractivity contribution < 1.29 is 13.6 Å². The van der Waals surface area contributed by atoms with Gasteiger partial charge in [0, 0.05) is 9.95 Å². The molecule has 0 N–H and O–H groups in total. The molecule has 3 aromatic carbocycles. The smallest absolute Gasteiger partial charge is 0.231 e. The number of rotatable bonds is 4. The quantitative estimate of drug-likeness (QED) is 0.375. The van der Waals surface area contributed by atoms with Gasteiger partial charge < -0.3 is 0 Å². The Bertz CT molecular complexity index is 811. The van der Waals surface area contributed by atoms with E-state index in [4.69, 9.17) is 9.05 Å². The molecule has 0 fully saturated rings. The summed E-state index contributed by atoms with van der Waals surface area (Å²) in [7, 11) is -2.24.